The van der Waals surface area contributed by atoms with E-state index in [0.717, 1.165) is 33.7 Å². The number of rotatable bonds is 1. The molecule has 0 unspecified atom stereocenters. The van der Waals surface area contributed by atoms with E-state index in [9.17, 15) is 5.26 Å². The smallest absolute Gasteiger partial charge is 0.161 e. The molecule has 0 saturated heterocycles. The molecule has 1 aromatic heterocycles. The van der Waals surface area contributed by atoms with Gasteiger partial charge < -0.3 is 19.9 Å². The third-order valence-corrected chi connectivity index (χ3v) is 4.41. The van der Waals surface area contributed by atoms with E-state index in [4.69, 9.17) is 19.9 Å². The summed E-state index contributed by atoms with van der Waals surface area (Å²) in [5, 5.41) is 9.62. The number of pyridine rings is 1. The highest BCUT2D eigenvalue weighted by molar-refractivity contribution is 5.82. The molecule has 0 atom stereocenters. The third-order valence-electron chi connectivity index (χ3n) is 4.41. The third kappa shape index (κ3) is 2.25. The second-order valence-electron chi connectivity index (χ2n) is 5.90. The molecule has 2 aliphatic rings. The summed E-state index contributed by atoms with van der Waals surface area (Å²) in [5.74, 6) is 1.68. The maximum atomic E-state index is 9.62. The Morgan fingerprint density at radius 1 is 1.17 bits per heavy atom. The van der Waals surface area contributed by atoms with Crippen LogP contribution in [-0.4, -0.2) is 24.8 Å². The molecule has 6 heteroatoms. The molecular weight excluding hydrogens is 306 g/mol. The summed E-state index contributed by atoms with van der Waals surface area (Å²) in [7, 11) is 0. The van der Waals surface area contributed by atoms with Gasteiger partial charge in [-0.1, -0.05) is 0 Å². The van der Waals surface area contributed by atoms with Crippen LogP contribution in [0.2, 0.25) is 0 Å². The van der Waals surface area contributed by atoms with Crippen LogP contribution in [-0.2, 0) is 17.8 Å². The quantitative estimate of drug-likeness (QED) is 0.866. The van der Waals surface area contributed by atoms with Gasteiger partial charge in [0.05, 0.1) is 18.9 Å². The van der Waals surface area contributed by atoms with Crippen molar-refractivity contribution in [1.29, 1.82) is 5.26 Å². The average molecular weight is 323 g/mol. The monoisotopic (exact) mass is 323 g/mol. The molecule has 2 aromatic rings. The van der Waals surface area contributed by atoms with Crippen molar-refractivity contribution < 1.29 is 14.2 Å². The van der Waals surface area contributed by atoms with Gasteiger partial charge in [-0.2, -0.15) is 5.26 Å². The van der Waals surface area contributed by atoms with Crippen molar-refractivity contribution in [3.8, 4) is 28.7 Å². The van der Waals surface area contributed by atoms with Gasteiger partial charge in [0.2, 0.25) is 0 Å². The molecule has 0 saturated carbocycles. The number of fused-ring (bicyclic) bond motifs is 2. The summed E-state index contributed by atoms with van der Waals surface area (Å²) >= 11 is 0. The number of nitriles is 1. The summed E-state index contributed by atoms with van der Waals surface area (Å²) in [6.45, 7) is 4.09. The van der Waals surface area contributed by atoms with Gasteiger partial charge in [0.15, 0.2) is 11.5 Å². The minimum Gasteiger partial charge on any atom is -0.486 e. The minimum atomic E-state index is 0.266. The molecule has 4 rings (SSSR count). The number of hydrogen-bond acceptors (Lipinski definition) is 6. The number of hydrogen-bond donors (Lipinski definition) is 1. The number of nitrogen functional groups attached to an aromatic ring is 1. The molecule has 122 valence electrons. The maximum absolute atomic E-state index is 9.62. The first-order valence-corrected chi connectivity index (χ1v) is 7.88. The number of aromatic nitrogens is 1. The Morgan fingerprint density at radius 2 is 1.92 bits per heavy atom. The largest absolute Gasteiger partial charge is 0.486 e. The summed E-state index contributed by atoms with van der Waals surface area (Å²) in [5.41, 5.74) is 11.0. The van der Waals surface area contributed by atoms with E-state index >= 15 is 0 Å². The molecule has 0 aliphatic carbocycles. The predicted molar refractivity (Wildman–Crippen MR) is 87.9 cm³/mol. The molecular formula is C18H17N3O3. The number of nitrogens with two attached hydrogens (primary N) is 1. The normalized spacial score (nSPS) is 15.5. The van der Waals surface area contributed by atoms with Crippen LogP contribution in [0.15, 0.2) is 12.1 Å². The summed E-state index contributed by atoms with van der Waals surface area (Å²) in [6, 6.07) is 6.07. The number of ether oxygens (including phenoxy) is 3. The summed E-state index contributed by atoms with van der Waals surface area (Å²) in [4.78, 5) is 4.41. The Labute approximate surface area is 139 Å². The Morgan fingerprint density at radius 3 is 2.67 bits per heavy atom. The number of nitrogens with zero attached hydrogens (tertiary/aromatic N) is 2. The minimum absolute atomic E-state index is 0.266. The molecule has 0 radical (unpaired) electrons. The van der Waals surface area contributed by atoms with Crippen LogP contribution < -0.4 is 15.2 Å². The lowest BCUT2D eigenvalue weighted by molar-refractivity contribution is 0.109. The zero-order valence-electron chi connectivity index (χ0n) is 13.4. The molecule has 0 amide bonds. The van der Waals surface area contributed by atoms with Gasteiger partial charge in [-0.05, 0) is 30.2 Å². The van der Waals surface area contributed by atoms with Crippen LogP contribution in [0.4, 0.5) is 5.82 Å². The van der Waals surface area contributed by atoms with E-state index in [2.05, 4.69) is 11.1 Å². The van der Waals surface area contributed by atoms with Crippen LogP contribution in [0.3, 0.4) is 0 Å². The average Bonchev–Trinajstić information content (AvgIpc) is 2.60. The number of anilines is 1. The Hall–Kier alpha value is -2.78. The fourth-order valence-corrected chi connectivity index (χ4v) is 3.27. The molecule has 24 heavy (non-hydrogen) atoms. The highest BCUT2D eigenvalue weighted by atomic mass is 16.6. The number of aryl methyl sites for hydroxylation is 1. The summed E-state index contributed by atoms with van der Waals surface area (Å²) in [6.07, 6.45) is 0.696. The van der Waals surface area contributed by atoms with Crippen molar-refractivity contribution in [2.75, 3.05) is 25.6 Å². The zero-order valence-corrected chi connectivity index (χ0v) is 13.4. The van der Waals surface area contributed by atoms with Crippen molar-refractivity contribution in [1.82, 2.24) is 4.98 Å². The molecule has 0 bridgehead atoms. The van der Waals surface area contributed by atoms with Crippen molar-refractivity contribution in [3.05, 3.63) is 34.5 Å². The van der Waals surface area contributed by atoms with Crippen molar-refractivity contribution >= 4 is 5.82 Å². The molecule has 2 aliphatic heterocycles. The van der Waals surface area contributed by atoms with Gasteiger partial charge in [0.25, 0.3) is 0 Å². The van der Waals surface area contributed by atoms with E-state index in [1.165, 1.54) is 0 Å². The number of benzene rings is 1. The second-order valence-corrected chi connectivity index (χ2v) is 5.90. The van der Waals surface area contributed by atoms with Gasteiger partial charge in [-0.25, -0.2) is 4.98 Å². The standard InChI is InChI=1S/C18H17N3O3/c1-10-6-15-16(24-5-4-23-15)7-11(10)17-12(8-19)18(20)21-14-2-3-22-9-13(14)17/h6-7H,2-5,9H2,1H3,(H2,20,21). The van der Waals surface area contributed by atoms with Crippen LogP contribution in [0.1, 0.15) is 22.4 Å². The lowest BCUT2D eigenvalue weighted by Crippen LogP contribution is -2.17. The molecule has 0 fully saturated rings. The Kier molecular flexibility index (Phi) is 3.51. The van der Waals surface area contributed by atoms with E-state index in [1.54, 1.807) is 0 Å². The first-order valence-electron chi connectivity index (χ1n) is 7.88. The lowest BCUT2D eigenvalue weighted by Gasteiger charge is -2.24. The van der Waals surface area contributed by atoms with Crippen LogP contribution >= 0.6 is 0 Å². The Bertz CT molecular complexity index is 871. The topological polar surface area (TPSA) is 90.4 Å². The highest BCUT2D eigenvalue weighted by Crippen LogP contribution is 2.41. The maximum Gasteiger partial charge on any atom is 0.161 e. The highest BCUT2D eigenvalue weighted by Gasteiger charge is 2.25. The van der Waals surface area contributed by atoms with E-state index in [0.29, 0.717) is 44.2 Å². The van der Waals surface area contributed by atoms with Gasteiger partial charge in [0, 0.05) is 17.5 Å². The van der Waals surface area contributed by atoms with E-state index in [-0.39, 0.29) is 5.82 Å². The van der Waals surface area contributed by atoms with Crippen molar-refractivity contribution in [2.24, 2.45) is 0 Å². The Balaban J connectivity index is 2.00. The predicted octanol–water partition coefficient (Wildman–Crippen LogP) is 2.35. The van der Waals surface area contributed by atoms with Crippen molar-refractivity contribution in [2.45, 2.75) is 20.0 Å². The lowest BCUT2D eigenvalue weighted by atomic mass is 9.90. The van der Waals surface area contributed by atoms with Crippen LogP contribution in [0.25, 0.3) is 11.1 Å². The molecule has 0 spiro atoms. The SMILES string of the molecule is Cc1cc2c(cc1-c1c(C#N)c(N)nc3c1COCC3)OCCO2. The van der Waals surface area contributed by atoms with E-state index in [1.807, 2.05) is 19.1 Å². The fourth-order valence-electron chi connectivity index (χ4n) is 3.27. The zero-order chi connectivity index (χ0) is 16.7. The first-order chi connectivity index (χ1) is 11.7. The molecule has 6 nitrogen and oxygen atoms in total. The summed E-state index contributed by atoms with van der Waals surface area (Å²) < 4.78 is 16.9. The van der Waals surface area contributed by atoms with E-state index < -0.39 is 0 Å². The second kappa shape index (κ2) is 5.69. The van der Waals surface area contributed by atoms with Crippen LogP contribution in [0, 0.1) is 18.3 Å². The van der Waals surface area contributed by atoms with Gasteiger partial charge >= 0.3 is 0 Å². The fraction of sp³-hybridized carbons (Fsp3) is 0.333. The van der Waals surface area contributed by atoms with Gasteiger partial charge in [-0.3, -0.25) is 0 Å². The molecule has 1 aromatic carbocycles. The van der Waals surface area contributed by atoms with Gasteiger partial charge in [-0.15, -0.1) is 0 Å². The van der Waals surface area contributed by atoms with Gasteiger partial charge in [0.1, 0.15) is 30.7 Å². The van der Waals surface area contributed by atoms with Crippen molar-refractivity contribution in [3.63, 3.8) is 0 Å². The molecule has 3 heterocycles. The molecule has 2 N–H and O–H groups in total. The van der Waals surface area contributed by atoms with Crippen LogP contribution in [0.5, 0.6) is 11.5 Å². The first kappa shape index (κ1) is 14.8.